The number of rotatable bonds is 3. The smallest absolute Gasteiger partial charge is 0.258 e. The molecule has 0 radical (unpaired) electrons. The van der Waals surface area contributed by atoms with E-state index in [0.29, 0.717) is 0 Å². The van der Waals surface area contributed by atoms with E-state index in [2.05, 4.69) is 4.98 Å². The molecule has 0 saturated carbocycles. The molecule has 4 heteroatoms. The van der Waals surface area contributed by atoms with Crippen molar-refractivity contribution in [3.8, 4) is 0 Å². The summed E-state index contributed by atoms with van der Waals surface area (Å²) < 4.78 is 0. The van der Waals surface area contributed by atoms with Crippen molar-refractivity contribution in [1.82, 2.24) is 4.98 Å². The van der Waals surface area contributed by atoms with Crippen LogP contribution >= 0.6 is 0 Å². The molecule has 0 spiro atoms. The minimum absolute atomic E-state index is 0.0935. The summed E-state index contributed by atoms with van der Waals surface area (Å²) in [6, 6.07) is 18.3. The largest absolute Gasteiger partial charge is 0.269 e. The van der Waals surface area contributed by atoms with Crippen molar-refractivity contribution in [3.63, 3.8) is 0 Å². The lowest BCUT2D eigenvalue weighted by molar-refractivity contribution is -0.384. The lowest BCUT2D eigenvalue weighted by Crippen LogP contribution is -1.86. The average molecular weight is 276 g/mol. The number of hydrogen-bond acceptors (Lipinski definition) is 3. The van der Waals surface area contributed by atoms with Crippen LogP contribution < -0.4 is 0 Å². The molecule has 0 aliphatic rings. The fraction of sp³-hybridized carbons (Fsp3) is 0. The first-order valence-electron chi connectivity index (χ1n) is 6.51. The van der Waals surface area contributed by atoms with E-state index in [9.17, 15) is 10.1 Å². The first kappa shape index (κ1) is 13.0. The topological polar surface area (TPSA) is 56.0 Å². The molecule has 3 aromatic rings. The van der Waals surface area contributed by atoms with Gasteiger partial charge in [0, 0.05) is 17.5 Å². The number of nitro benzene ring substituents is 1. The Bertz CT molecular complexity index is 824. The Balaban J connectivity index is 1.85. The van der Waals surface area contributed by atoms with Gasteiger partial charge in [-0.25, -0.2) is 4.98 Å². The maximum atomic E-state index is 10.6. The molecule has 0 atom stereocenters. The molecule has 0 N–H and O–H groups in total. The third-order valence-electron chi connectivity index (χ3n) is 3.17. The van der Waals surface area contributed by atoms with Crippen LogP contribution in [0.3, 0.4) is 0 Å². The highest BCUT2D eigenvalue weighted by Gasteiger charge is 2.02. The van der Waals surface area contributed by atoms with Crippen LogP contribution in [0.5, 0.6) is 0 Å². The van der Waals surface area contributed by atoms with Gasteiger partial charge in [-0.05, 0) is 35.9 Å². The maximum absolute atomic E-state index is 10.6. The summed E-state index contributed by atoms with van der Waals surface area (Å²) in [5.41, 5.74) is 2.79. The van der Waals surface area contributed by atoms with E-state index < -0.39 is 4.92 Å². The molecule has 21 heavy (non-hydrogen) atoms. The molecule has 0 aliphatic carbocycles. The molecular formula is C17H12N2O2. The highest BCUT2D eigenvalue weighted by molar-refractivity contribution is 5.80. The molecule has 0 amide bonds. The maximum Gasteiger partial charge on any atom is 0.269 e. The Morgan fingerprint density at radius 2 is 1.67 bits per heavy atom. The summed E-state index contributed by atoms with van der Waals surface area (Å²) in [6.45, 7) is 0. The van der Waals surface area contributed by atoms with E-state index in [4.69, 9.17) is 0 Å². The van der Waals surface area contributed by atoms with Crippen LogP contribution in [-0.2, 0) is 0 Å². The van der Waals surface area contributed by atoms with Crippen LogP contribution in [0, 0.1) is 10.1 Å². The van der Waals surface area contributed by atoms with Crippen molar-refractivity contribution in [2.45, 2.75) is 0 Å². The van der Waals surface area contributed by atoms with E-state index in [1.165, 1.54) is 12.1 Å². The fourth-order valence-corrected chi connectivity index (χ4v) is 2.06. The number of para-hydroxylation sites is 1. The summed E-state index contributed by atoms with van der Waals surface area (Å²) >= 11 is 0. The molecular weight excluding hydrogens is 264 g/mol. The monoisotopic (exact) mass is 276 g/mol. The molecule has 0 fully saturated rings. The van der Waals surface area contributed by atoms with Crippen LogP contribution in [0.25, 0.3) is 23.1 Å². The summed E-state index contributed by atoms with van der Waals surface area (Å²) in [6.07, 6.45) is 3.79. The van der Waals surface area contributed by atoms with Gasteiger partial charge in [0.05, 0.1) is 16.1 Å². The minimum Gasteiger partial charge on any atom is -0.258 e. The fourth-order valence-electron chi connectivity index (χ4n) is 2.06. The van der Waals surface area contributed by atoms with Gasteiger partial charge < -0.3 is 0 Å². The van der Waals surface area contributed by atoms with Crippen molar-refractivity contribution >= 4 is 28.7 Å². The van der Waals surface area contributed by atoms with Gasteiger partial charge in [-0.2, -0.15) is 0 Å². The number of nitro groups is 1. The summed E-state index contributed by atoms with van der Waals surface area (Å²) in [4.78, 5) is 14.7. The third-order valence-corrected chi connectivity index (χ3v) is 3.17. The number of hydrogen-bond donors (Lipinski definition) is 0. The molecule has 3 rings (SSSR count). The number of benzene rings is 2. The van der Waals surface area contributed by atoms with Crippen LogP contribution in [0.15, 0.2) is 60.7 Å². The summed E-state index contributed by atoms with van der Waals surface area (Å²) in [5.74, 6) is 0. The molecule has 0 unspecified atom stereocenters. The Morgan fingerprint density at radius 1 is 0.905 bits per heavy atom. The van der Waals surface area contributed by atoms with Crippen LogP contribution in [-0.4, -0.2) is 9.91 Å². The summed E-state index contributed by atoms with van der Waals surface area (Å²) in [5, 5.41) is 11.7. The van der Waals surface area contributed by atoms with E-state index >= 15 is 0 Å². The molecule has 2 aromatic carbocycles. The van der Waals surface area contributed by atoms with Crippen molar-refractivity contribution in [2.24, 2.45) is 0 Å². The van der Waals surface area contributed by atoms with Crippen molar-refractivity contribution in [2.75, 3.05) is 0 Å². The zero-order chi connectivity index (χ0) is 14.7. The zero-order valence-electron chi connectivity index (χ0n) is 11.1. The zero-order valence-corrected chi connectivity index (χ0v) is 11.1. The quantitative estimate of drug-likeness (QED) is 0.529. The molecule has 1 heterocycles. The summed E-state index contributed by atoms with van der Waals surface area (Å²) in [7, 11) is 0. The minimum atomic E-state index is -0.404. The van der Waals surface area contributed by atoms with E-state index in [1.54, 1.807) is 12.1 Å². The second kappa shape index (κ2) is 5.54. The van der Waals surface area contributed by atoms with E-state index in [-0.39, 0.29) is 5.69 Å². The highest BCUT2D eigenvalue weighted by Crippen LogP contribution is 2.16. The van der Waals surface area contributed by atoms with E-state index in [1.807, 2.05) is 48.6 Å². The SMILES string of the molecule is O=[N+]([O-])c1ccc(/C=C\c2ccc3ccccc3n2)cc1. The van der Waals surface area contributed by atoms with Crippen LogP contribution in [0.4, 0.5) is 5.69 Å². The average Bonchev–Trinajstić information content (AvgIpc) is 2.53. The van der Waals surface area contributed by atoms with Gasteiger partial charge in [-0.3, -0.25) is 10.1 Å². The third kappa shape index (κ3) is 2.95. The van der Waals surface area contributed by atoms with Crippen LogP contribution in [0.1, 0.15) is 11.3 Å². The molecule has 0 saturated heterocycles. The number of non-ortho nitro benzene ring substituents is 1. The normalized spacial score (nSPS) is 11.0. The predicted molar refractivity (Wildman–Crippen MR) is 83.8 cm³/mol. The van der Waals surface area contributed by atoms with Gasteiger partial charge in [0.15, 0.2) is 0 Å². The Hall–Kier alpha value is -3.01. The lowest BCUT2D eigenvalue weighted by atomic mass is 10.1. The molecule has 0 aliphatic heterocycles. The van der Waals surface area contributed by atoms with Crippen molar-refractivity contribution < 1.29 is 4.92 Å². The van der Waals surface area contributed by atoms with Crippen LogP contribution in [0.2, 0.25) is 0 Å². The second-order valence-corrected chi connectivity index (χ2v) is 4.61. The lowest BCUT2D eigenvalue weighted by Gasteiger charge is -1.98. The second-order valence-electron chi connectivity index (χ2n) is 4.61. The Kier molecular flexibility index (Phi) is 3.43. The van der Waals surface area contributed by atoms with Gasteiger partial charge in [-0.15, -0.1) is 0 Å². The standard InChI is InChI=1S/C17H12N2O2/c20-19(21)16-11-6-13(7-12-16)5-9-15-10-8-14-3-1-2-4-17(14)18-15/h1-12H/b9-5-. The van der Waals surface area contributed by atoms with Gasteiger partial charge in [0.1, 0.15) is 0 Å². The van der Waals surface area contributed by atoms with Crippen molar-refractivity contribution in [1.29, 1.82) is 0 Å². The van der Waals surface area contributed by atoms with E-state index in [0.717, 1.165) is 22.2 Å². The molecule has 1 aromatic heterocycles. The van der Waals surface area contributed by atoms with Gasteiger partial charge >= 0.3 is 0 Å². The number of pyridine rings is 1. The van der Waals surface area contributed by atoms with Gasteiger partial charge in [0.25, 0.3) is 5.69 Å². The number of aromatic nitrogens is 1. The van der Waals surface area contributed by atoms with Gasteiger partial charge in [-0.1, -0.05) is 30.3 Å². The first-order valence-corrected chi connectivity index (χ1v) is 6.51. The number of fused-ring (bicyclic) bond motifs is 1. The Morgan fingerprint density at radius 3 is 2.43 bits per heavy atom. The van der Waals surface area contributed by atoms with Crippen molar-refractivity contribution in [3.05, 3.63) is 82.0 Å². The molecule has 4 nitrogen and oxygen atoms in total. The predicted octanol–water partition coefficient (Wildman–Crippen LogP) is 4.31. The first-order chi connectivity index (χ1) is 10.2. The van der Waals surface area contributed by atoms with Gasteiger partial charge in [0.2, 0.25) is 0 Å². The number of nitrogens with zero attached hydrogens (tertiary/aromatic N) is 2. The Labute approximate surface area is 121 Å². The molecule has 0 bridgehead atoms. The molecule has 102 valence electrons. The highest BCUT2D eigenvalue weighted by atomic mass is 16.6.